The molecule has 0 unspecified atom stereocenters. The second-order valence-corrected chi connectivity index (χ2v) is 10.8. The van der Waals surface area contributed by atoms with Gasteiger partial charge in [-0.2, -0.15) is 0 Å². The van der Waals surface area contributed by atoms with Crippen LogP contribution in [0.4, 0.5) is 11.4 Å². The van der Waals surface area contributed by atoms with Gasteiger partial charge in [-0.15, -0.1) is 0 Å². The normalized spacial score (nSPS) is 17.7. The fourth-order valence-corrected chi connectivity index (χ4v) is 6.17. The van der Waals surface area contributed by atoms with Crippen LogP contribution in [0.3, 0.4) is 0 Å². The van der Waals surface area contributed by atoms with E-state index in [0.29, 0.717) is 0 Å². The molecular formula is C29H32Cl2N6. The van der Waals surface area contributed by atoms with Crippen molar-refractivity contribution in [2.24, 2.45) is 0 Å². The Morgan fingerprint density at radius 1 is 0.649 bits per heavy atom. The van der Waals surface area contributed by atoms with Crippen LogP contribution in [0.15, 0.2) is 60.9 Å². The van der Waals surface area contributed by atoms with Gasteiger partial charge in [0.05, 0.1) is 16.1 Å². The molecule has 0 aliphatic carbocycles. The molecule has 6 nitrogen and oxygen atoms in total. The Bertz CT molecular complexity index is 1370. The highest BCUT2D eigenvalue weighted by molar-refractivity contribution is 6.36. The lowest BCUT2D eigenvalue weighted by Crippen LogP contribution is -2.48. The lowest BCUT2D eigenvalue weighted by Gasteiger charge is -2.38. The summed E-state index contributed by atoms with van der Waals surface area (Å²) in [6.07, 6.45) is 5.00. The standard InChI is InChI=1S/C29H32Cl2N6/c30-22-5-6-23-26(21-22)33-9-7-27(23)36-17-13-34(14-18-36)11-2-12-35-15-19-37(20-16-35)28-8-10-32-25-4-1-3-24(31)29(25)28/h1,3-10,21H,2,11-20H2. The summed E-state index contributed by atoms with van der Waals surface area (Å²) in [5.74, 6) is 0. The number of piperazine rings is 2. The number of rotatable bonds is 6. The van der Waals surface area contributed by atoms with Crippen LogP contribution in [0.1, 0.15) is 6.42 Å². The van der Waals surface area contributed by atoms with Crippen LogP contribution < -0.4 is 9.80 Å². The van der Waals surface area contributed by atoms with E-state index in [1.807, 2.05) is 42.7 Å². The summed E-state index contributed by atoms with van der Waals surface area (Å²) in [5.41, 5.74) is 4.41. The van der Waals surface area contributed by atoms with E-state index in [4.69, 9.17) is 23.2 Å². The van der Waals surface area contributed by atoms with Gasteiger partial charge in [0.1, 0.15) is 0 Å². The van der Waals surface area contributed by atoms with Crippen LogP contribution in [-0.2, 0) is 0 Å². The minimum atomic E-state index is 0.735. The molecule has 2 aliphatic rings. The molecule has 4 heterocycles. The Hall–Kier alpha value is -2.64. The second kappa shape index (κ2) is 11.0. The van der Waals surface area contributed by atoms with Gasteiger partial charge in [-0.25, -0.2) is 0 Å². The largest absolute Gasteiger partial charge is 0.368 e. The first-order valence-electron chi connectivity index (χ1n) is 13.2. The first kappa shape index (κ1) is 24.7. The van der Waals surface area contributed by atoms with Crippen molar-refractivity contribution in [2.45, 2.75) is 6.42 Å². The molecule has 8 heteroatoms. The molecule has 0 spiro atoms. The molecule has 37 heavy (non-hydrogen) atoms. The number of halogens is 2. The molecule has 4 aromatic rings. The van der Waals surface area contributed by atoms with Crippen LogP contribution in [0.5, 0.6) is 0 Å². The zero-order chi connectivity index (χ0) is 25.2. The molecule has 192 valence electrons. The number of benzene rings is 2. The summed E-state index contributed by atoms with van der Waals surface area (Å²) in [4.78, 5) is 19.2. The Kier molecular flexibility index (Phi) is 7.34. The van der Waals surface area contributed by atoms with Crippen LogP contribution in [-0.4, -0.2) is 85.2 Å². The second-order valence-electron chi connectivity index (χ2n) is 9.97. The zero-order valence-electron chi connectivity index (χ0n) is 21.0. The molecule has 6 rings (SSSR count). The summed E-state index contributed by atoms with van der Waals surface area (Å²) >= 11 is 12.7. The predicted octanol–water partition coefficient (Wildman–Crippen LogP) is 5.42. The summed E-state index contributed by atoms with van der Waals surface area (Å²) < 4.78 is 0. The first-order chi connectivity index (χ1) is 18.2. The van der Waals surface area contributed by atoms with Crippen molar-refractivity contribution >= 4 is 56.4 Å². The van der Waals surface area contributed by atoms with E-state index < -0.39 is 0 Å². The van der Waals surface area contributed by atoms with Crippen molar-refractivity contribution in [2.75, 3.05) is 75.2 Å². The summed E-state index contributed by atoms with van der Waals surface area (Å²) in [6, 6.07) is 16.2. The van der Waals surface area contributed by atoms with Gasteiger partial charge in [-0.1, -0.05) is 29.3 Å². The van der Waals surface area contributed by atoms with Crippen molar-refractivity contribution < 1.29 is 0 Å². The topological polar surface area (TPSA) is 38.7 Å². The molecule has 2 aromatic heterocycles. The SMILES string of the molecule is Clc1ccc2c(N3CCN(CCCN4CCN(c5ccnc6cccc(Cl)c56)CC4)CC3)ccnc2c1. The molecule has 2 aromatic carbocycles. The molecule has 0 amide bonds. The molecule has 0 saturated carbocycles. The number of anilines is 2. The van der Waals surface area contributed by atoms with Crippen LogP contribution in [0, 0.1) is 0 Å². The van der Waals surface area contributed by atoms with Gasteiger partial charge in [0, 0.05) is 91.9 Å². The Morgan fingerprint density at radius 2 is 1.27 bits per heavy atom. The summed E-state index contributed by atoms with van der Waals surface area (Å²) in [6.45, 7) is 10.8. The quantitative estimate of drug-likeness (QED) is 0.328. The Labute approximate surface area is 228 Å². The third kappa shape index (κ3) is 5.34. The van der Waals surface area contributed by atoms with Crippen molar-refractivity contribution in [1.82, 2.24) is 19.8 Å². The third-order valence-electron chi connectivity index (χ3n) is 7.75. The molecule has 2 aliphatic heterocycles. The summed E-state index contributed by atoms with van der Waals surface area (Å²) in [5, 5.41) is 3.77. The fraction of sp³-hybridized carbons (Fsp3) is 0.379. The highest BCUT2D eigenvalue weighted by atomic mass is 35.5. The van der Waals surface area contributed by atoms with E-state index >= 15 is 0 Å². The molecule has 0 atom stereocenters. The third-order valence-corrected chi connectivity index (χ3v) is 8.30. The van der Waals surface area contributed by atoms with Gasteiger partial charge >= 0.3 is 0 Å². The van der Waals surface area contributed by atoms with Crippen LogP contribution in [0.2, 0.25) is 10.0 Å². The maximum absolute atomic E-state index is 6.54. The fourth-order valence-electron chi connectivity index (χ4n) is 5.73. The van der Waals surface area contributed by atoms with E-state index in [1.54, 1.807) is 0 Å². The first-order valence-corrected chi connectivity index (χ1v) is 13.9. The molecular weight excluding hydrogens is 503 g/mol. The molecule has 0 radical (unpaired) electrons. The Morgan fingerprint density at radius 3 is 1.97 bits per heavy atom. The van der Waals surface area contributed by atoms with Gasteiger partial charge in [0.25, 0.3) is 0 Å². The van der Waals surface area contributed by atoms with Gasteiger partial charge < -0.3 is 9.80 Å². The van der Waals surface area contributed by atoms with E-state index in [2.05, 4.69) is 47.8 Å². The Balaban J connectivity index is 0.971. The molecule has 0 bridgehead atoms. The van der Waals surface area contributed by atoms with Gasteiger partial charge in [0.15, 0.2) is 0 Å². The van der Waals surface area contributed by atoms with Crippen LogP contribution >= 0.6 is 23.2 Å². The maximum Gasteiger partial charge on any atom is 0.0737 e. The average Bonchev–Trinajstić information content (AvgIpc) is 2.93. The summed E-state index contributed by atoms with van der Waals surface area (Å²) in [7, 11) is 0. The van der Waals surface area contributed by atoms with Crippen LogP contribution in [0.25, 0.3) is 21.8 Å². The lowest BCUT2D eigenvalue weighted by atomic mass is 10.1. The number of fused-ring (bicyclic) bond motifs is 2. The van der Waals surface area contributed by atoms with E-state index in [1.165, 1.54) is 23.2 Å². The number of nitrogens with zero attached hydrogens (tertiary/aromatic N) is 6. The lowest BCUT2D eigenvalue weighted by molar-refractivity contribution is 0.213. The van der Waals surface area contributed by atoms with Crippen molar-refractivity contribution in [3.8, 4) is 0 Å². The number of aromatic nitrogens is 2. The highest BCUT2D eigenvalue weighted by Crippen LogP contribution is 2.32. The molecule has 2 fully saturated rings. The molecule has 2 saturated heterocycles. The van der Waals surface area contributed by atoms with E-state index in [-0.39, 0.29) is 0 Å². The van der Waals surface area contributed by atoms with E-state index in [9.17, 15) is 0 Å². The number of hydrogen-bond donors (Lipinski definition) is 0. The van der Waals surface area contributed by atoms with Crippen molar-refractivity contribution in [3.63, 3.8) is 0 Å². The molecule has 0 N–H and O–H groups in total. The zero-order valence-corrected chi connectivity index (χ0v) is 22.5. The van der Waals surface area contributed by atoms with Crippen molar-refractivity contribution in [1.29, 1.82) is 0 Å². The average molecular weight is 536 g/mol. The smallest absolute Gasteiger partial charge is 0.0737 e. The minimum Gasteiger partial charge on any atom is -0.368 e. The monoisotopic (exact) mass is 534 g/mol. The van der Waals surface area contributed by atoms with Gasteiger partial charge in [-0.3, -0.25) is 19.8 Å². The van der Waals surface area contributed by atoms with Crippen molar-refractivity contribution in [3.05, 3.63) is 71.0 Å². The van der Waals surface area contributed by atoms with E-state index in [0.717, 1.165) is 91.9 Å². The highest BCUT2D eigenvalue weighted by Gasteiger charge is 2.21. The number of pyridine rings is 2. The maximum atomic E-state index is 6.54. The number of hydrogen-bond acceptors (Lipinski definition) is 6. The van der Waals surface area contributed by atoms with Gasteiger partial charge in [-0.05, 0) is 62.0 Å². The minimum absolute atomic E-state index is 0.735. The predicted molar refractivity (Wildman–Crippen MR) is 155 cm³/mol. The van der Waals surface area contributed by atoms with Gasteiger partial charge in [0.2, 0.25) is 0 Å².